The Morgan fingerprint density at radius 1 is 1.12 bits per heavy atom. The summed E-state index contributed by atoms with van der Waals surface area (Å²) in [6, 6.07) is 19.5. The monoisotopic (exact) mass is 347 g/mol. The summed E-state index contributed by atoms with van der Waals surface area (Å²) in [5, 5.41) is 14.5. The Balaban J connectivity index is 1.62. The number of carbonyl (C=O) groups is 1. The normalized spacial score (nSPS) is 10.2. The van der Waals surface area contributed by atoms with E-state index < -0.39 is 0 Å². The third-order valence-electron chi connectivity index (χ3n) is 3.89. The summed E-state index contributed by atoms with van der Waals surface area (Å²) >= 11 is 1.36. The van der Waals surface area contributed by atoms with Gasteiger partial charge in [0.05, 0.1) is 5.56 Å². The molecule has 0 aliphatic rings. The molecule has 3 aromatic rings. The summed E-state index contributed by atoms with van der Waals surface area (Å²) in [6.45, 7) is 0. The summed E-state index contributed by atoms with van der Waals surface area (Å²) < 4.78 is 0. The molecule has 0 bridgehead atoms. The van der Waals surface area contributed by atoms with Crippen LogP contribution in [0, 0.1) is 11.3 Å². The van der Waals surface area contributed by atoms with Crippen molar-refractivity contribution in [2.75, 3.05) is 11.1 Å². The Labute approximate surface area is 150 Å². The van der Waals surface area contributed by atoms with Crippen LogP contribution < -0.4 is 11.1 Å². The molecule has 0 aliphatic carbocycles. The summed E-state index contributed by atoms with van der Waals surface area (Å²) in [7, 11) is 0. The Bertz CT molecular complexity index is 908. The van der Waals surface area contributed by atoms with Gasteiger partial charge in [-0.1, -0.05) is 42.5 Å². The molecule has 25 heavy (non-hydrogen) atoms. The number of nitrogens with two attached hydrogens (primary N) is 1. The lowest BCUT2D eigenvalue weighted by molar-refractivity contribution is -0.116. The van der Waals surface area contributed by atoms with E-state index in [0.717, 1.165) is 22.4 Å². The van der Waals surface area contributed by atoms with Crippen LogP contribution in [0.25, 0.3) is 11.1 Å². The van der Waals surface area contributed by atoms with E-state index in [-0.39, 0.29) is 5.91 Å². The molecule has 2 aromatic carbocycles. The summed E-state index contributed by atoms with van der Waals surface area (Å²) in [5.41, 5.74) is 9.93. The number of benzene rings is 2. The zero-order chi connectivity index (χ0) is 17.6. The number of nitrogen functional groups attached to an aromatic ring is 1. The van der Waals surface area contributed by atoms with Crippen molar-refractivity contribution in [1.82, 2.24) is 0 Å². The fourth-order valence-electron chi connectivity index (χ4n) is 2.56. The molecule has 5 heteroatoms. The van der Waals surface area contributed by atoms with Gasteiger partial charge in [-0.25, -0.2) is 0 Å². The summed E-state index contributed by atoms with van der Waals surface area (Å²) in [6.07, 6.45) is 1.15. The first-order valence-electron chi connectivity index (χ1n) is 7.88. The van der Waals surface area contributed by atoms with E-state index in [4.69, 9.17) is 5.73 Å². The summed E-state index contributed by atoms with van der Waals surface area (Å²) in [4.78, 5) is 12.1. The van der Waals surface area contributed by atoms with Crippen molar-refractivity contribution in [3.63, 3.8) is 0 Å². The maximum atomic E-state index is 12.1. The second-order valence-corrected chi connectivity index (χ2v) is 6.52. The molecule has 0 saturated carbocycles. The van der Waals surface area contributed by atoms with Gasteiger partial charge in [0.15, 0.2) is 0 Å². The molecule has 1 heterocycles. The van der Waals surface area contributed by atoms with Gasteiger partial charge in [-0.2, -0.15) is 5.26 Å². The number of aryl methyl sites for hydroxylation is 1. The molecular weight excluding hydrogens is 330 g/mol. The number of thiophene rings is 1. The minimum Gasteiger partial charge on any atom is -0.389 e. The van der Waals surface area contributed by atoms with Crippen LogP contribution >= 0.6 is 11.3 Å². The molecule has 0 unspecified atom stereocenters. The molecule has 0 saturated heterocycles. The van der Waals surface area contributed by atoms with Crippen molar-refractivity contribution >= 4 is 27.9 Å². The second-order valence-electron chi connectivity index (χ2n) is 5.61. The predicted molar refractivity (Wildman–Crippen MR) is 102 cm³/mol. The van der Waals surface area contributed by atoms with Gasteiger partial charge in [-0.05, 0) is 29.7 Å². The van der Waals surface area contributed by atoms with Crippen LogP contribution in [0.15, 0.2) is 60.0 Å². The lowest BCUT2D eigenvalue weighted by atomic mass is 10.0. The maximum absolute atomic E-state index is 12.1. The van der Waals surface area contributed by atoms with Crippen LogP contribution in [0.1, 0.15) is 17.5 Å². The average molecular weight is 347 g/mol. The maximum Gasteiger partial charge on any atom is 0.224 e. The van der Waals surface area contributed by atoms with Gasteiger partial charge in [0, 0.05) is 23.1 Å². The zero-order valence-corrected chi connectivity index (χ0v) is 14.3. The highest BCUT2D eigenvalue weighted by Gasteiger charge is 2.11. The number of nitrogens with zero attached hydrogens (tertiary/aromatic N) is 1. The van der Waals surface area contributed by atoms with Gasteiger partial charge in [-0.15, -0.1) is 11.3 Å². The van der Waals surface area contributed by atoms with Gasteiger partial charge in [0.1, 0.15) is 11.1 Å². The van der Waals surface area contributed by atoms with Crippen LogP contribution in [-0.4, -0.2) is 5.91 Å². The van der Waals surface area contributed by atoms with Crippen molar-refractivity contribution in [3.05, 3.63) is 71.1 Å². The molecule has 124 valence electrons. The van der Waals surface area contributed by atoms with E-state index in [1.54, 1.807) is 0 Å². The Kier molecular flexibility index (Phi) is 5.12. The predicted octanol–water partition coefficient (Wildman–Crippen LogP) is 4.44. The van der Waals surface area contributed by atoms with E-state index in [0.29, 0.717) is 23.4 Å². The first-order chi connectivity index (χ1) is 12.2. The van der Waals surface area contributed by atoms with Crippen LogP contribution in [0.5, 0.6) is 0 Å². The van der Waals surface area contributed by atoms with E-state index in [1.807, 2.05) is 60.0 Å². The number of rotatable bonds is 5. The fourth-order valence-corrected chi connectivity index (χ4v) is 3.33. The molecular formula is C20H17N3OS. The van der Waals surface area contributed by atoms with Gasteiger partial charge < -0.3 is 11.1 Å². The Hall–Kier alpha value is -3.10. The van der Waals surface area contributed by atoms with Crippen molar-refractivity contribution in [3.8, 4) is 17.2 Å². The third-order valence-corrected chi connectivity index (χ3v) is 4.71. The first-order valence-corrected chi connectivity index (χ1v) is 8.76. The van der Waals surface area contributed by atoms with Gasteiger partial charge in [0.25, 0.3) is 0 Å². The minimum absolute atomic E-state index is 0.0194. The van der Waals surface area contributed by atoms with Gasteiger partial charge in [0.2, 0.25) is 5.91 Å². The quantitative estimate of drug-likeness (QED) is 0.716. The number of amides is 1. The Morgan fingerprint density at radius 2 is 1.84 bits per heavy atom. The molecule has 1 aromatic heterocycles. The van der Waals surface area contributed by atoms with Crippen LogP contribution in [-0.2, 0) is 11.2 Å². The standard InChI is InChI=1S/C20H17N3OS/c21-12-17-18(13-25-20(17)22)15-7-9-16(10-8-15)23-19(24)11-6-14-4-2-1-3-5-14/h1-5,7-10,13H,6,11,22H2,(H,23,24). The van der Waals surface area contributed by atoms with Gasteiger partial charge >= 0.3 is 0 Å². The van der Waals surface area contributed by atoms with Crippen molar-refractivity contribution in [2.45, 2.75) is 12.8 Å². The number of nitriles is 1. The third kappa shape index (κ3) is 4.06. The molecule has 0 radical (unpaired) electrons. The van der Waals surface area contributed by atoms with Crippen molar-refractivity contribution in [1.29, 1.82) is 5.26 Å². The molecule has 3 rings (SSSR count). The number of carbonyl (C=O) groups excluding carboxylic acids is 1. The molecule has 1 amide bonds. The van der Waals surface area contributed by atoms with Crippen LogP contribution in [0.3, 0.4) is 0 Å². The van der Waals surface area contributed by atoms with Crippen molar-refractivity contribution < 1.29 is 4.79 Å². The molecule has 4 nitrogen and oxygen atoms in total. The number of anilines is 2. The lowest BCUT2D eigenvalue weighted by Crippen LogP contribution is -2.12. The minimum atomic E-state index is -0.0194. The molecule has 0 atom stereocenters. The average Bonchev–Trinajstić information content (AvgIpc) is 3.02. The number of nitrogens with one attached hydrogen (secondary N) is 1. The molecule has 3 N–H and O–H groups in total. The molecule has 0 spiro atoms. The number of hydrogen-bond donors (Lipinski definition) is 2. The van der Waals surface area contributed by atoms with Crippen molar-refractivity contribution in [2.24, 2.45) is 0 Å². The van der Waals surface area contributed by atoms with E-state index in [2.05, 4.69) is 11.4 Å². The fraction of sp³-hybridized carbons (Fsp3) is 0.100. The van der Waals surface area contributed by atoms with Crippen LogP contribution in [0.2, 0.25) is 0 Å². The highest BCUT2D eigenvalue weighted by molar-refractivity contribution is 7.14. The Morgan fingerprint density at radius 3 is 2.52 bits per heavy atom. The van der Waals surface area contributed by atoms with E-state index >= 15 is 0 Å². The van der Waals surface area contributed by atoms with E-state index in [1.165, 1.54) is 11.3 Å². The largest absolute Gasteiger partial charge is 0.389 e. The van der Waals surface area contributed by atoms with Gasteiger partial charge in [-0.3, -0.25) is 4.79 Å². The summed E-state index contributed by atoms with van der Waals surface area (Å²) in [5.74, 6) is -0.0194. The molecule has 0 fully saturated rings. The SMILES string of the molecule is N#Cc1c(-c2ccc(NC(=O)CCc3ccccc3)cc2)csc1N. The zero-order valence-electron chi connectivity index (χ0n) is 13.5. The first kappa shape index (κ1) is 16.7. The smallest absolute Gasteiger partial charge is 0.224 e. The topological polar surface area (TPSA) is 78.9 Å². The van der Waals surface area contributed by atoms with E-state index in [9.17, 15) is 10.1 Å². The molecule has 0 aliphatic heterocycles. The lowest BCUT2D eigenvalue weighted by Gasteiger charge is -2.07. The number of hydrogen-bond acceptors (Lipinski definition) is 4. The highest BCUT2D eigenvalue weighted by Crippen LogP contribution is 2.33. The second kappa shape index (κ2) is 7.65. The highest BCUT2D eigenvalue weighted by atomic mass is 32.1. The van der Waals surface area contributed by atoms with Crippen LogP contribution in [0.4, 0.5) is 10.7 Å².